The van der Waals surface area contributed by atoms with Crippen LogP contribution >= 0.6 is 31.9 Å². The Morgan fingerprint density at radius 3 is 2.36 bits per heavy atom. The molecule has 0 bridgehead atoms. The number of nitrogens with two attached hydrogens (primary N) is 1. The molecular formula is C7H10Br2N2. The monoisotopic (exact) mass is 280 g/mol. The van der Waals surface area contributed by atoms with E-state index in [1.807, 2.05) is 6.92 Å². The first kappa shape index (κ1) is 9.29. The SMILES string of the molecule is Cc1[nH]c(CCN)c(Br)c1Br. The van der Waals surface area contributed by atoms with Crippen LogP contribution in [0.3, 0.4) is 0 Å². The fraction of sp³-hybridized carbons (Fsp3) is 0.429. The first-order valence-electron chi connectivity index (χ1n) is 3.39. The van der Waals surface area contributed by atoms with Gasteiger partial charge in [-0.1, -0.05) is 0 Å². The highest BCUT2D eigenvalue weighted by atomic mass is 79.9. The fourth-order valence-corrected chi connectivity index (χ4v) is 1.88. The van der Waals surface area contributed by atoms with Gasteiger partial charge < -0.3 is 10.7 Å². The molecule has 0 atom stereocenters. The van der Waals surface area contributed by atoms with Crippen LogP contribution in [0.15, 0.2) is 8.95 Å². The molecule has 0 aliphatic rings. The summed E-state index contributed by atoms with van der Waals surface area (Å²) in [6.07, 6.45) is 0.882. The van der Waals surface area contributed by atoms with Gasteiger partial charge in [0.25, 0.3) is 0 Å². The molecule has 0 saturated carbocycles. The molecule has 0 amide bonds. The molecule has 62 valence electrons. The minimum absolute atomic E-state index is 0.672. The van der Waals surface area contributed by atoms with Crippen LogP contribution in [0.2, 0.25) is 0 Å². The van der Waals surface area contributed by atoms with Crippen molar-refractivity contribution in [1.29, 1.82) is 0 Å². The van der Waals surface area contributed by atoms with E-state index in [2.05, 4.69) is 36.8 Å². The molecule has 11 heavy (non-hydrogen) atoms. The number of rotatable bonds is 2. The maximum absolute atomic E-state index is 5.43. The standard InChI is InChI=1S/C7H10Br2N2/c1-4-6(8)7(9)5(11-4)2-3-10/h11H,2-3,10H2,1H3. The van der Waals surface area contributed by atoms with Crippen LogP contribution in [-0.4, -0.2) is 11.5 Å². The second-order valence-corrected chi connectivity index (χ2v) is 3.98. The molecule has 3 N–H and O–H groups in total. The Kier molecular flexibility index (Phi) is 3.16. The van der Waals surface area contributed by atoms with E-state index in [9.17, 15) is 0 Å². The Hall–Kier alpha value is 0.200. The lowest BCUT2D eigenvalue weighted by Crippen LogP contribution is -2.03. The maximum atomic E-state index is 5.43. The van der Waals surface area contributed by atoms with Gasteiger partial charge in [-0.05, 0) is 45.3 Å². The Balaban J connectivity index is 2.98. The van der Waals surface area contributed by atoms with Gasteiger partial charge in [-0.15, -0.1) is 0 Å². The van der Waals surface area contributed by atoms with Crippen molar-refractivity contribution >= 4 is 31.9 Å². The second kappa shape index (κ2) is 3.74. The van der Waals surface area contributed by atoms with E-state index in [0.717, 1.165) is 26.8 Å². The van der Waals surface area contributed by atoms with Crippen LogP contribution in [0.1, 0.15) is 11.4 Å². The highest BCUT2D eigenvalue weighted by molar-refractivity contribution is 9.13. The van der Waals surface area contributed by atoms with E-state index in [0.29, 0.717) is 6.54 Å². The highest BCUT2D eigenvalue weighted by Gasteiger charge is 2.08. The molecule has 1 aromatic rings. The highest BCUT2D eigenvalue weighted by Crippen LogP contribution is 2.29. The third-order valence-electron chi connectivity index (χ3n) is 1.52. The molecule has 0 spiro atoms. The molecule has 0 unspecified atom stereocenters. The van der Waals surface area contributed by atoms with Gasteiger partial charge in [-0.25, -0.2) is 0 Å². The molecule has 4 heteroatoms. The van der Waals surface area contributed by atoms with E-state index in [-0.39, 0.29) is 0 Å². The zero-order valence-corrected chi connectivity index (χ0v) is 9.42. The lowest BCUT2D eigenvalue weighted by molar-refractivity contribution is 0.924. The Morgan fingerprint density at radius 1 is 1.36 bits per heavy atom. The quantitative estimate of drug-likeness (QED) is 0.859. The van der Waals surface area contributed by atoms with Gasteiger partial charge in [0.1, 0.15) is 0 Å². The number of halogens is 2. The predicted molar refractivity (Wildman–Crippen MR) is 53.7 cm³/mol. The summed E-state index contributed by atoms with van der Waals surface area (Å²) in [4.78, 5) is 3.24. The van der Waals surface area contributed by atoms with E-state index < -0.39 is 0 Å². The van der Waals surface area contributed by atoms with Crippen molar-refractivity contribution in [2.24, 2.45) is 5.73 Å². The first-order valence-corrected chi connectivity index (χ1v) is 4.98. The van der Waals surface area contributed by atoms with Gasteiger partial charge in [0, 0.05) is 17.8 Å². The number of aromatic amines is 1. The lowest BCUT2D eigenvalue weighted by Gasteiger charge is -1.93. The number of hydrogen-bond acceptors (Lipinski definition) is 1. The third-order valence-corrected chi connectivity index (χ3v) is 3.92. The van der Waals surface area contributed by atoms with E-state index >= 15 is 0 Å². The molecule has 0 aliphatic heterocycles. The summed E-state index contributed by atoms with van der Waals surface area (Å²) in [5.41, 5.74) is 7.74. The number of nitrogens with one attached hydrogen (secondary N) is 1. The first-order chi connectivity index (χ1) is 5.16. The Morgan fingerprint density at radius 2 is 2.00 bits per heavy atom. The van der Waals surface area contributed by atoms with Crippen molar-refractivity contribution in [3.05, 3.63) is 20.3 Å². The van der Waals surface area contributed by atoms with Crippen molar-refractivity contribution in [3.63, 3.8) is 0 Å². The number of aryl methyl sites for hydroxylation is 1. The van der Waals surface area contributed by atoms with E-state index in [1.54, 1.807) is 0 Å². The predicted octanol–water partition coefficient (Wildman–Crippen LogP) is 2.35. The van der Waals surface area contributed by atoms with E-state index in [1.165, 1.54) is 0 Å². The summed E-state index contributed by atoms with van der Waals surface area (Å²) in [6.45, 7) is 2.69. The van der Waals surface area contributed by atoms with Crippen LogP contribution in [0.5, 0.6) is 0 Å². The normalized spacial score (nSPS) is 10.5. The molecule has 0 aromatic carbocycles. The Labute approximate surface area is 82.8 Å². The molecule has 1 rings (SSSR count). The topological polar surface area (TPSA) is 41.8 Å². The Bertz CT molecular complexity index is 255. The van der Waals surface area contributed by atoms with Gasteiger partial charge in [0.2, 0.25) is 0 Å². The van der Waals surface area contributed by atoms with Gasteiger partial charge in [-0.2, -0.15) is 0 Å². The lowest BCUT2D eigenvalue weighted by atomic mass is 10.3. The summed E-state index contributed by atoms with van der Waals surface area (Å²) in [6, 6.07) is 0. The summed E-state index contributed by atoms with van der Waals surface area (Å²) < 4.78 is 2.20. The van der Waals surface area contributed by atoms with Crippen molar-refractivity contribution in [2.75, 3.05) is 6.54 Å². The van der Waals surface area contributed by atoms with Gasteiger partial charge >= 0.3 is 0 Å². The fourth-order valence-electron chi connectivity index (χ4n) is 0.950. The van der Waals surface area contributed by atoms with Crippen molar-refractivity contribution in [3.8, 4) is 0 Å². The molecule has 0 fully saturated rings. The molecule has 1 aromatic heterocycles. The zero-order chi connectivity index (χ0) is 8.43. The van der Waals surface area contributed by atoms with Gasteiger partial charge in [0.05, 0.1) is 8.95 Å². The molecule has 0 aliphatic carbocycles. The smallest absolute Gasteiger partial charge is 0.0528 e. The zero-order valence-electron chi connectivity index (χ0n) is 6.25. The average Bonchev–Trinajstić information content (AvgIpc) is 2.19. The van der Waals surface area contributed by atoms with Crippen molar-refractivity contribution in [1.82, 2.24) is 4.98 Å². The summed E-state index contributed by atoms with van der Waals surface area (Å²) in [7, 11) is 0. The van der Waals surface area contributed by atoms with E-state index in [4.69, 9.17) is 5.73 Å². The minimum atomic E-state index is 0.672. The molecule has 2 nitrogen and oxygen atoms in total. The van der Waals surface area contributed by atoms with Gasteiger partial charge in [-0.3, -0.25) is 0 Å². The molecular weight excluding hydrogens is 272 g/mol. The van der Waals surface area contributed by atoms with Crippen LogP contribution in [-0.2, 0) is 6.42 Å². The maximum Gasteiger partial charge on any atom is 0.0528 e. The molecule has 0 radical (unpaired) electrons. The average molecular weight is 282 g/mol. The summed E-state index contributed by atoms with van der Waals surface area (Å²) >= 11 is 6.92. The summed E-state index contributed by atoms with van der Waals surface area (Å²) in [5, 5.41) is 0. The largest absolute Gasteiger partial charge is 0.361 e. The van der Waals surface area contributed by atoms with Crippen molar-refractivity contribution in [2.45, 2.75) is 13.3 Å². The minimum Gasteiger partial charge on any atom is -0.361 e. The third kappa shape index (κ3) is 1.86. The number of aromatic nitrogens is 1. The molecule has 1 heterocycles. The van der Waals surface area contributed by atoms with Crippen LogP contribution in [0.4, 0.5) is 0 Å². The van der Waals surface area contributed by atoms with Crippen molar-refractivity contribution < 1.29 is 0 Å². The second-order valence-electron chi connectivity index (χ2n) is 2.40. The van der Waals surface area contributed by atoms with Crippen LogP contribution in [0, 0.1) is 6.92 Å². The van der Waals surface area contributed by atoms with Gasteiger partial charge in [0.15, 0.2) is 0 Å². The molecule has 0 saturated heterocycles. The summed E-state index contributed by atoms with van der Waals surface area (Å²) in [5.74, 6) is 0. The number of H-pyrrole nitrogens is 1. The van der Waals surface area contributed by atoms with Crippen LogP contribution < -0.4 is 5.73 Å². The number of hydrogen-bond donors (Lipinski definition) is 2. The van der Waals surface area contributed by atoms with Crippen LogP contribution in [0.25, 0.3) is 0 Å².